The Balaban J connectivity index is 0.662. The van der Waals surface area contributed by atoms with Crippen molar-refractivity contribution in [3.63, 3.8) is 0 Å². The number of nitrogens with one attached hydrogen (secondary N) is 3. The van der Waals surface area contributed by atoms with Crippen molar-refractivity contribution >= 4 is 46.9 Å². The van der Waals surface area contributed by atoms with E-state index >= 15 is 0 Å². The molecule has 378 valence electrons. The van der Waals surface area contributed by atoms with Gasteiger partial charge < -0.3 is 35.8 Å². The molecule has 1 aromatic heterocycles. The number of fused-ring (bicyclic) bond motifs is 2. The lowest BCUT2D eigenvalue weighted by Gasteiger charge is -2.45. The number of imide groups is 2. The lowest BCUT2D eigenvalue weighted by Crippen LogP contribution is -2.54. The Labute approximate surface area is 420 Å². The monoisotopic (exact) mass is 979 g/mol. The van der Waals surface area contributed by atoms with E-state index in [2.05, 4.69) is 30.7 Å². The van der Waals surface area contributed by atoms with E-state index in [1.165, 1.54) is 0 Å². The van der Waals surface area contributed by atoms with Crippen LogP contribution in [0.5, 0.6) is 11.5 Å². The van der Waals surface area contributed by atoms with Crippen LogP contribution in [0.1, 0.15) is 114 Å². The number of carbonyl (C=O) groups is 6. The van der Waals surface area contributed by atoms with Crippen molar-refractivity contribution in [1.29, 1.82) is 0 Å². The van der Waals surface area contributed by atoms with Crippen LogP contribution in [-0.2, 0) is 14.4 Å². The molecule has 0 aliphatic carbocycles. The standard InChI is InChI=1S/C55H66N10O7/c56-49(67)47-48(38-6-9-41(10-7-38)72-40-4-2-1-3-5-40)60-65-44(14-23-58-50(47)65)37-19-26-61(27-20-37)34-36-17-30-63(31-18-36)54(71)55(21-24-57-25-22-55)33-35-15-28-62(29-16-35)39-8-11-42-43(32-39)53(70)64(52(42)69)45-12-13-46(66)59-51(45)68/h1-11,32,35-37,44-45,57-58H,12-31,33-34H2,(H2,56,67)(H,59,66,68)/t44-,45?/m0/s1. The minimum absolute atomic E-state index is 0.0822. The topological polar surface area (TPSA) is 205 Å². The molecule has 0 saturated carbocycles. The molecule has 5 fully saturated rings. The molecule has 7 aliphatic heterocycles. The van der Waals surface area contributed by atoms with E-state index in [-0.39, 0.29) is 29.9 Å². The van der Waals surface area contributed by atoms with Gasteiger partial charge in [-0.2, -0.15) is 5.10 Å². The molecule has 4 aromatic rings. The number of rotatable bonds is 12. The van der Waals surface area contributed by atoms with E-state index < -0.39 is 35.6 Å². The number of benzene rings is 3. The van der Waals surface area contributed by atoms with Crippen molar-refractivity contribution in [2.45, 2.75) is 89.1 Å². The average molecular weight is 979 g/mol. The molecule has 3 aromatic carbocycles. The lowest BCUT2D eigenvalue weighted by atomic mass is 9.69. The number of primary amides is 1. The molecule has 5 N–H and O–H groups in total. The highest BCUT2D eigenvalue weighted by molar-refractivity contribution is 6.23. The quantitative estimate of drug-likeness (QED) is 0.124. The number of ether oxygens (including phenoxy) is 1. The fourth-order valence-electron chi connectivity index (χ4n) is 13.0. The predicted octanol–water partition coefficient (Wildman–Crippen LogP) is 5.83. The van der Waals surface area contributed by atoms with Crippen LogP contribution in [0.2, 0.25) is 0 Å². The fourth-order valence-corrected chi connectivity index (χ4v) is 13.0. The number of piperidine rings is 5. The first-order valence-corrected chi connectivity index (χ1v) is 26.3. The molecule has 7 aliphatic rings. The van der Waals surface area contributed by atoms with Crippen LogP contribution in [0.3, 0.4) is 0 Å². The maximum absolute atomic E-state index is 14.7. The third kappa shape index (κ3) is 9.36. The number of aromatic nitrogens is 2. The summed E-state index contributed by atoms with van der Waals surface area (Å²) in [5.41, 5.74) is 8.97. The highest BCUT2D eigenvalue weighted by atomic mass is 16.5. The summed E-state index contributed by atoms with van der Waals surface area (Å²) in [7, 11) is 0. The molecule has 11 rings (SSSR count). The Morgan fingerprint density at radius 3 is 2.14 bits per heavy atom. The first kappa shape index (κ1) is 47.7. The van der Waals surface area contributed by atoms with Gasteiger partial charge in [-0.3, -0.25) is 39.0 Å². The van der Waals surface area contributed by atoms with Crippen LogP contribution in [0.15, 0.2) is 72.8 Å². The third-order valence-corrected chi connectivity index (χ3v) is 17.0. The zero-order chi connectivity index (χ0) is 49.5. The number of anilines is 2. The van der Waals surface area contributed by atoms with Crippen molar-refractivity contribution in [1.82, 2.24) is 35.1 Å². The number of carbonyl (C=O) groups excluding carboxylic acids is 6. The summed E-state index contributed by atoms with van der Waals surface area (Å²) in [6.07, 6.45) is 9.75. The number of amides is 6. The van der Waals surface area contributed by atoms with Gasteiger partial charge in [0, 0.05) is 56.9 Å². The van der Waals surface area contributed by atoms with E-state index in [0.717, 1.165) is 152 Å². The van der Waals surface area contributed by atoms with Crippen molar-refractivity contribution in [2.75, 3.05) is 75.7 Å². The second-order valence-corrected chi connectivity index (χ2v) is 21.3. The summed E-state index contributed by atoms with van der Waals surface area (Å²) < 4.78 is 8.06. The smallest absolute Gasteiger partial charge is 0.262 e. The van der Waals surface area contributed by atoms with Crippen LogP contribution in [0.4, 0.5) is 11.5 Å². The maximum atomic E-state index is 14.7. The van der Waals surface area contributed by atoms with Gasteiger partial charge >= 0.3 is 0 Å². The number of nitrogens with two attached hydrogens (primary N) is 1. The van der Waals surface area contributed by atoms with Gasteiger partial charge in [-0.25, -0.2) is 4.68 Å². The molecule has 1 unspecified atom stereocenters. The van der Waals surface area contributed by atoms with Crippen LogP contribution in [-0.4, -0.2) is 131 Å². The maximum Gasteiger partial charge on any atom is 0.262 e. The van der Waals surface area contributed by atoms with E-state index in [1.54, 1.807) is 12.1 Å². The third-order valence-electron chi connectivity index (χ3n) is 17.0. The number of likely N-dealkylation sites (tertiary alicyclic amines) is 2. The molecule has 5 saturated heterocycles. The molecule has 0 radical (unpaired) electrons. The Bertz CT molecular complexity index is 2710. The SMILES string of the molecule is NC(=O)c1c(-c2ccc(Oc3ccccc3)cc2)nn2c1NCC[C@H]2C1CCN(CC2CCN(C(=O)C3(CC4CCN(c5ccc6c(c5)C(=O)N(C5CCC(=O)NC5=O)C6=O)CC4)CCNCC3)CC2)CC1. The summed E-state index contributed by atoms with van der Waals surface area (Å²) in [5, 5.41) is 14.3. The molecule has 17 nitrogen and oxygen atoms in total. The van der Waals surface area contributed by atoms with Gasteiger partial charge in [0.15, 0.2) is 0 Å². The van der Waals surface area contributed by atoms with Gasteiger partial charge in [0.2, 0.25) is 17.7 Å². The zero-order valence-electron chi connectivity index (χ0n) is 41.0. The van der Waals surface area contributed by atoms with Crippen molar-refractivity contribution in [3.8, 4) is 22.8 Å². The molecular formula is C55H66N10O7. The first-order chi connectivity index (χ1) is 35.0. The second-order valence-electron chi connectivity index (χ2n) is 21.3. The van der Waals surface area contributed by atoms with Crippen LogP contribution < -0.4 is 31.3 Å². The largest absolute Gasteiger partial charge is 0.457 e. The molecule has 2 atom stereocenters. The summed E-state index contributed by atoms with van der Waals surface area (Å²) in [4.78, 5) is 86.9. The molecule has 72 heavy (non-hydrogen) atoms. The van der Waals surface area contributed by atoms with E-state index in [0.29, 0.717) is 52.0 Å². The molecule has 17 heteroatoms. The predicted molar refractivity (Wildman–Crippen MR) is 271 cm³/mol. The molecule has 6 amide bonds. The van der Waals surface area contributed by atoms with Gasteiger partial charge in [0.05, 0.1) is 22.6 Å². The highest BCUT2D eigenvalue weighted by Gasteiger charge is 2.47. The van der Waals surface area contributed by atoms with Gasteiger partial charge in [-0.05, 0) is 169 Å². The van der Waals surface area contributed by atoms with Gasteiger partial charge in [0.1, 0.15) is 34.6 Å². The Kier molecular flexibility index (Phi) is 13.3. The van der Waals surface area contributed by atoms with Gasteiger partial charge in [-0.15, -0.1) is 0 Å². The van der Waals surface area contributed by atoms with E-state index in [1.807, 2.05) is 65.3 Å². The Morgan fingerprint density at radius 1 is 0.736 bits per heavy atom. The zero-order valence-corrected chi connectivity index (χ0v) is 41.0. The average Bonchev–Trinajstić information content (AvgIpc) is 3.92. The second kappa shape index (κ2) is 20.1. The summed E-state index contributed by atoms with van der Waals surface area (Å²) in [6, 6.07) is 21.8. The van der Waals surface area contributed by atoms with Crippen molar-refractivity contribution < 1.29 is 33.5 Å². The summed E-state index contributed by atoms with van der Waals surface area (Å²) in [6.45, 7) is 8.72. The Morgan fingerprint density at radius 2 is 1.43 bits per heavy atom. The molecule has 0 spiro atoms. The molecular weight excluding hydrogens is 913 g/mol. The molecule has 0 bridgehead atoms. The first-order valence-electron chi connectivity index (χ1n) is 26.3. The van der Waals surface area contributed by atoms with Gasteiger partial charge in [0.25, 0.3) is 17.7 Å². The van der Waals surface area contributed by atoms with E-state index in [4.69, 9.17) is 15.6 Å². The van der Waals surface area contributed by atoms with Gasteiger partial charge in [-0.1, -0.05) is 18.2 Å². The normalized spacial score (nSPS) is 23.4. The number of nitrogens with zero attached hydrogens (tertiary/aromatic N) is 6. The number of hydrogen-bond donors (Lipinski definition) is 4. The lowest BCUT2D eigenvalue weighted by molar-refractivity contribution is -0.147. The van der Waals surface area contributed by atoms with Crippen LogP contribution in [0, 0.1) is 23.2 Å². The minimum atomic E-state index is -0.991. The fraction of sp³-hybridized carbons (Fsp3) is 0.509. The minimum Gasteiger partial charge on any atom is -0.457 e. The number of para-hydroxylation sites is 1. The van der Waals surface area contributed by atoms with Crippen molar-refractivity contribution in [2.24, 2.45) is 28.9 Å². The van der Waals surface area contributed by atoms with Crippen LogP contribution in [0.25, 0.3) is 11.3 Å². The van der Waals surface area contributed by atoms with Crippen LogP contribution >= 0.6 is 0 Å². The van der Waals surface area contributed by atoms with E-state index in [9.17, 15) is 28.8 Å². The molecule has 8 heterocycles. The summed E-state index contributed by atoms with van der Waals surface area (Å²) >= 11 is 0. The summed E-state index contributed by atoms with van der Waals surface area (Å²) in [5.74, 6) is 1.40. The van der Waals surface area contributed by atoms with Crippen molar-refractivity contribution in [3.05, 3.63) is 89.5 Å². The highest BCUT2D eigenvalue weighted by Crippen LogP contribution is 2.44. The Hall–Kier alpha value is -6.59. The number of hydrogen-bond acceptors (Lipinski definition) is 12.